The average Bonchev–Trinajstić information content (AvgIpc) is 3.44. The summed E-state index contributed by atoms with van der Waals surface area (Å²) in [6.07, 6.45) is 10.1. The summed E-state index contributed by atoms with van der Waals surface area (Å²) >= 11 is 0. The highest BCUT2D eigenvalue weighted by Gasteiger charge is 2.40. The molecular formula is C22H35N3O3. The molecule has 2 aliphatic carbocycles. The summed E-state index contributed by atoms with van der Waals surface area (Å²) in [5, 5.41) is 3.03. The summed E-state index contributed by atoms with van der Waals surface area (Å²) in [5.41, 5.74) is -0.155. The lowest BCUT2D eigenvalue weighted by Gasteiger charge is -2.40. The quantitative estimate of drug-likeness (QED) is 0.785. The number of amides is 3. The molecule has 1 atom stereocenters. The molecule has 0 aromatic heterocycles. The molecule has 2 saturated carbocycles. The monoisotopic (exact) mass is 389 g/mol. The van der Waals surface area contributed by atoms with E-state index in [1.165, 1.54) is 19.3 Å². The molecule has 1 N–H and O–H groups in total. The zero-order chi connectivity index (χ0) is 19.7. The van der Waals surface area contributed by atoms with Crippen LogP contribution in [-0.4, -0.2) is 59.7 Å². The number of carbonyl (C=O) groups is 3. The van der Waals surface area contributed by atoms with Crippen molar-refractivity contribution in [1.29, 1.82) is 0 Å². The zero-order valence-corrected chi connectivity index (χ0v) is 17.3. The highest BCUT2D eigenvalue weighted by Crippen LogP contribution is 2.38. The van der Waals surface area contributed by atoms with Crippen LogP contribution < -0.4 is 5.32 Å². The fourth-order valence-corrected chi connectivity index (χ4v) is 5.23. The molecule has 0 radical (unpaired) electrons. The third-order valence-electron chi connectivity index (χ3n) is 7.36. The van der Waals surface area contributed by atoms with E-state index >= 15 is 0 Å². The fraction of sp³-hybridized carbons (Fsp3) is 0.864. The summed E-state index contributed by atoms with van der Waals surface area (Å²) in [6.45, 7) is 5.08. The van der Waals surface area contributed by atoms with Crippen LogP contribution in [0.3, 0.4) is 0 Å². The second kappa shape index (κ2) is 8.03. The molecule has 2 heterocycles. The van der Waals surface area contributed by atoms with E-state index in [9.17, 15) is 14.4 Å². The number of nitrogens with one attached hydrogen (secondary N) is 1. The summed E-state index contributed by atoms with van der Waals surface area (Å²) in [5.74, 6) is 0.779. The first-order chi connectivity index (χ1) is 13.4. The van der Waals surface area contributed by atoms with Crippen LogP contribution in [0.2, 0.25) is 0 Å². The van der Waals surface area contributed by atoms with Crippen LogP contribution >= 0.6 is 0 Å². The first-order valence-corrected chi connectivity index (χ1v) is 11.3. The molecule has 2 aliphatic heterocycles. The zero-order valence-electron chi connectivity index (χ0n) is 17.3. The topological polar surface area (TPSA) is 69.7 Å². The molecule has 4 rings (SSSR count). The Kier molecular flexibility index (Phi) is 5.66. The van der Waals surface area contributed by atoms with Gasteiger partial charge in [-0.1, -0.05) is 26.2 Å². The number of carbonyl (C=O) groups excluding carboxylic acids is 3. The maximum atomic E-state index is 13.0. The summed E-state index contributed by atoms with van der Waals surface area (Å²) in [7, 11) is 0. The van der Waals surface area contributed by atoms with Crippen LogP contribution in [0.25, 0.3) is 0 Å². The van der Waals surface area contributed by atoms with E-state index in [2.05, 4.69) is 17.1 Å². The minimum atomic E-state index is -0.180. The summed E-state index contributed by atoms with van der Waals surface area (Å²) < 4.78 is 0. The highest BCUT2D eigenvalue weighted by molar-refractivity contribution is 5.89. The van der Waals surface area contributed by atoms with Crippen LogP contribution in [0.4, 0.5) is 0 Å². The van der Waals surface area contributed by atoms with E-state index in [-0.39, 0.29) is 23.1 Å². The van der Waals surface area contributed by atoms with Gasteiger partial charge in [0.1, 0.15) is 0 Å². The van der Waals surface area contributed by atoms with Crippen LogP contribution in [0, 0.1) is 17.3 Å². The van der Waals surface area contributed by atoms with Crippen molar-refractivity contribution < 1.29 is 14.4 Å². The Hall–Kier alpha value is -1.59. The molecule has 0 aromatic rings. The molecule has 4 fully saturated rings. The van der Waals surface area contributed by atoms with Gasteiger partial charge in [0.05, 0.1) is 5.92 Å². The average molecular weight is 390 g/mol. The van der Waals surface area contributed by atoms with E-state index in [1.54, 1.807) is 0 Å². The number of likely N-dealkylation sites (tertiary alicyclic amines) is 2. The van der Waals surface area contributed by atoms with E-state index in [0.29, 0.717) is 30.8 Å². The van der Waals surface area contributed by atoms with Gasteiger partial charge in [0.15, 0.2) is 0 Å². The van der Waals surface area contributed by atoms with Crippen LogP contribution in [0.15, 0.2) is 0 Å². The molecule has 0 spiro atoms. The van der Waals surface area contributed by atoms with Crippen molar-refractivity contribution in [3.63, 3.8) is 0 Å². The van der Waals surface area contributed by atoms with E-state index in [1.807, 2.05) is 4.90 Å². The van der Waals surface area contributed by atoms with Gasteiger partial charge in [-0.3, -0.25) is 14.4 Å². The molecule has 6 nitrogen and oxygen atoms in total. The molecule has 28 heavy (non-hydrogen) atoms. The van der Waals surface area contributed by atoms with E-state index < -0.39 is 0 Å². The maximum Gasteiger partial charge on any atom is 0.228 e. The predicted molar refractivity (Wildman–Crippen MR) is 106 cm³/mol. The van der Waals surface area contributed by atoms with Gasteiger partial charge in [-0.05, 0) is 44.4 Å². The fourth-order valence-electron chi connectivity index (χ4n) is 5.23. The van der Waals surface area contributed by atoms with Gasteiger partial charge in [0, 0.05) is 44.1 Å². The Morgan fingerprint density at radius 3 is 2.39 bits per heavy atom. The Morgan fingerprint density at radius 2 is 1.75 bits per heavy atom. The van der Waals surface area contributed by atoms with Crippen LogP contribution in [0.1, 0.15) is 71.1 Å². The predicted octanol–water partition coefficient (Wildman–Crippen LogP) is 2.32. The van der Waals surface area contributed by atoms with Crippen LogP contribution in [-0.2, 0) is 14.4 Å². The van der Waals surface area contributed by atoms with Gasteiger partial charge in [-0.2, -0.15) is 0 Å². The van der Waals surface area contributed by atoms with E-state index in [4.69, 9.17) is 0 Å². The Labute approximate surface area is 168 Å². The molecule has 6 heteroatoms. The van der Waals surface area contributed by atoms with Crippen molar-refractivity contribution in [1.82, 2.24) is 15.1 Å². The lowest BCUT2D eigenvalue weighted by Crippen LogP contribution is -2.48. The molecule has 156 valence electrons. The molecule has 1 unspecified atom stereocenters. The molecule has 3 amide bonds. The van der Waals surface area contributed by atoms with Crippen molar-refractivity contribution >= 4 is 17.7 Å². The highest BCUT2D eigenvalue weighted by atomic mass is 16.2. The second-order valence-electron chi connectivity index (χ2n) is 9.84. The molecule has 2 saturated heterocycles. The maximum absolute atomic E-state index is 13.0. The van der Waals surface area contributed by atoms with Crippen LogP contribution in [0.5, 0.6) is 0 Å². The number of rotatable bonds is 5. The first kappa shape index (κ1) is 19.7. The molecule has 0 bridgehead atoms. The lowest BCUT2D eigenvalue weighted by molar-refractivity contribution is -0.145. The van der Waals surface area contributed by atoms with Crippen molar-refractivity contribution in [3.8, 4) is 0 Å². The number of hydrogen-bond donors (Lipinski definition) is 1. The SMILES string of the molecule is CC1(C(=O)N2CCC(CN3CC(C(=O)NC4CC4)CC3=O)CC2)CCCCC1. The van der Waals surface area contributed by atoms with Gasteiger partial charge in [0.25, 0.3) is 0 Å². The smallest absolute Gasteiger partial charge is 0.228 e. The third kappa shape index (κ3) is 4.36. The summed E-state index contributed by atoms with van der Waals surface area (Å²) in [4.78, 5) is 41.6. The Balaban J connectivity index is 1.23. The molecule has 4 aliphatic rings. The van der Waals surface area contributed by atoms with Gasteiger partial charge in [-0.15, -0.1) is 0 Å². The van der Waals surface area contributed by atoms with Gasteiger partial charge >= 0.3 is 0 Å². The Morgan fingerprint density at radius 1 is 1.07 bits per heavy atom. The second-order valence-corrected chi connectivity index (χ2v) is 9.84. The third-order valence-corrected chi connectivity index (χ3v) is 7.36. The minimum absolute atomic E-state index is 0.0551. The van der Waals surface area contributed by atoms with Gasteiger partial charge in [0.2, 0.25) is 17.7 Å². The first-order valence-electron chi connectivity index (χ1n) is 11.3. The largest absolute Gasteiger partial charge is 0.353 e. The van der Waals surface area contributed by atoms with Crippen molar-refractivity contribution in [2.75, 3.05) is 26.2 Å². The van der Waals surface area contributed by atoms with Gasteiger partial charge in [-0.25, -0.2) is 0 Å². The van der Waals surface area contributed by atoms with Gasteiger partial charge < -0.3 is 15.1 Å². The lowest BCUT2D eigenvalue weighted by atomic mass is 9.74. The number of piperidine rings is 1. The molecule has 0 aromatic carbocycles. The normalized spacial score (nSPS) is 28.5. The minimum Gasteiger partial charge on any atom is -0.353 e. The number of hydrogen-bond acceptors (Lipinski definition) is 3. The standard InChI is InChI=1S/C22H35N3O3/c1-22(9-3-2-4-10-22)21(28)24-11-7-16(8-12-24)14-25-15-17(13-19(25)26)20(27)23-18-5-6-18/h16-18H,2-15H2,1H3,(H,23,27). The Bertz CT molecular complexity index is 617. The van der Waals surface area contributed by atoms with Crippen molar-refractivity contribution in [2.45, 2.75) is 77.2 Å². The molecular weight excluding hydrogens is 354 g/mol. The summed E-state index contributed by atoms with van der Waals surface area (Å²) in [6, 6.07) is 0.351. The number of nitrogens with zero attached hydrogens (tertiary/aromatic N) is 2. The van der Waals surface area contributed by atoms with E-state index in [0.717, 1.165) is 58.2 Å². The van der Waals surface area contributed by atoms with Crippen molar-refractivity contribution in [3.05, 3.63) is 0 Å². The van der Waals surface area contributed by atoms with Crippen molar-refractivity contribution in [2.24, 2.45) is 17.3 Å².